The molecule has 0 aromatic carbocycles. The summed E-state index contributed by atoms with van der Waals surface area (Å²) in [6.45, 7) is 0. The summed E-state index contributed by atoms with van der Waals surface area (Å²) >= 11 is 11.3. The van der Waals surface area contributed by atoms with Crippen LogP contribution in [0.15, 0.2) is 10.2 Å². The Bertz CT molecular complexity index is 263. The minimum atomic E-state index is 0.498. The van der Waals surface area contributed by atoms with Gasteiger partial charge in [0.1, 0.15) is 0 Å². The molecule has 0 aliphatic carbocycles. The van der Waals surface area contributed by atoms with Gasteiger partial charge in [0.2, 0.25) is 0 Å². The lowest BCUT2D eigenvalue weighted by Gasteiger charge is -1.99. The molecule has 0 fully saturated rings. The highest BCUT2D eigenvalue weighted by Gasteiger charge is 1.86. The molecule has 6 nitrogen and oxygen atoms in total. The zero-order valence-corrected chi connectivity index (χ0v) is 12.1. The van der Waals surface area contributed by atoms with Crippen molar-refractivity contribution in [3.8, 4) is 0 Å². The zero-order valence-electron chi connectivity index (χ0n) is 9.69. The van der Waals surface area contributed by atoms with Gasteiger partial charge in [-0.25, -0.2) is 0 Å². The molecule has 0 saturated carbocycles. The van der Waals surface area contributed by atoms with Gasteiger partial charge in [0.25, 0.3) is 0 Å². The van der Waals surface area contributed by atoms with Crippen molar-refractivity contribution in [1.29, 1.82) is 0 Å². The van der Waals surface area contributed by atoms with Crippen molar-refractivity contribution in [3.05, 3.63) is 0 Å². The van der Waals surface area contributed by atoms with Gasteiger partial charge in [-0.2, -0.15) is 22.0 Å². The second-order valence-electron chi connectivity index (χ2n) is 2.54. The van der Waals surface area contributed by atoms with E-state index in [-0.39, 0.29) is 0 Å². The normalized spacial score (nSPS) is 10.5. The van der Waals surface area contributed by atoms with Crippen LogP contribution in [0.5, 0.6) is 0 Å². The van der Waals surface area contributed by atoms with E-state index < -0.39 is 0 Å². The molecule has 0 heterocycles. The van der Waals surface area contributed by atoms with Crippen LogP contribution in [0.1, 0.15) is 0 Å². The molecule has 4 N–H and O–H groups in total. The van der Waals surface area contributed by atoms with Crippen LogP contribution in [0, 0.1) is 0 Å². The second-order valence-corrected chi connectivity index (χ2v) is 4.43. The maximum Gasteiger partial charge on any atom is 0.186 e. The number of hydrogen-bond donors (Lipinski definition) is 4. The van der Waals surface area contributed by atoms with Crippen molar-refractivity contribution in [1.82, 2.24) is 21.5 Å². The molecule has 0 bridgehead atoms. The first-order valence-electron chi connectivity index (χ1n) is 4.77. The summed E-state index contributed by atoms with van der Waals surface area (Å²) in [7, 11) is 3.47. The number of thiocarbonyl (C=S) groups is 2. The highest BCUT2D eigenvalue weighted by molar-refractivity contribution is 8.00. The fraction of sp³-hybridized carbons (Fsp3) is 0.500. The number of hydrazone groups is 2. The summed E-state index contributed by atoms with van der Waals surface area (Å²) in [6, 6.07) is 0. The summed E-state index contributed by atoms with van der Waals surface area (Å²) in [4.78, 5) is 0. The fourth-order valence-electron chi connectivity index (χ4n) is 0.568. The van der Waals surface area contributed by atoms with Gasteiger partial charge in [0.05, 0.1) is 0 Å². The van der Waals surface area contributed by atoms with E-state index in [0.717, 1.165) is 11.5 Å². The van der Waals surface area contributed by atoms with E-state index in [2.05, 4.69) is 31.7 Å². The standard InChI is InChI=1S/C8H16N6S3/c1-9-7(15)13-11-3-5-17-6-4-12-14-8(16)10-2/h3-4H,5-6H2,1-2H3,(H2,9,13,15)(H2,10,14,16). The van der Waals surface area contributed by atoms with Crippen LogP contribution in [-0.2, 0) is 0 Å². The predicted octanol–water partition coefficient (Wildman–Crippen LogP) is -0.121. The van der Waals surface area contributed by atoms with E-state index in [0.29, 0.717) is 10.2 Å². The Morgan fingerprint density at radius 2 is 1.41 bits per heavy atom. The number of nitrogens with zero attached hydrogens (tertiary/aromatic N) is 2. The van der Waals surface area contributed by atoms with Gasteiger partial charge in [-0.05, 0) is 24.4 Å². The average Bonchev–Trinajstić information content (AvgIpc) is 2.35. The van der Waals surface area contributed by atoms with E-state index in [4.69, 9.17) is 24.4 Å². The Morgan fingerprint density at radius 1 is 1.00 bits per heavy atom. The lowest BCUT2D eigenvalue weighted by atomic mass is 10.9. The molecule has 17 heavy (non-hydrogen) atoms. The lowest BCUT2D eigenvalue weighted by Crippen LogP contribution is -2.28. The summed E-state index contributed by atoms with van der Waals surface area (Å²) in [5.74, 6) is 1.56. The summed E-state index contributed by atoms with van der Waals surface area (Å²) in [5.41, 5.74) is 5.32. The molecular formula is C8H16N6S3. The van der Waals surface area contributed by atoms with Crippen molar-refractivity contribution >= 4 is 58.9 Å². The molecular weight excluding hydrogens is 276 g/mol. The van der Waals surface area contributed by atoms with Gasteiger partial charge in [0.15, 0.2) is 10.2 Å². The van der Waals surface area contributed by atoms with Gasteiger partial charge in [0, 0.05) is 38.0 Å². The van der Waals surface area contributed by atoms with Crippen LogP contribution in [0.2, 0.25) is 0 Å². The largest absolute Gasteiger partial charge is 0.364 e. The number of rotatable bonds is 6. The van der Waals surface area contributed by atoms with Crippen molar-refractivity contribution in [2.75, 3.05) is 25.6 Å². The highest BCUT2D eigenvalue weighted by Crippen LogP contribution is 1.93. The van der Waals surface area contributed by atoms with Crippen LogP contribution in [0.25, 0.3) is 0 Å². The van der Waals surface area contributed by atoms with E-state index in [1.165, 1.54) is 0 Å². The van der Waals surface area contributed by atoms with Crippen LogP contribution in [-0.4, -0.2) is 48.3 Å². The van der Waals surface area contributed by atoms with Crippen molar-refractivity contribution in [3.63, 3.8) is 0 Å². The quantitative estimate of drug-likeness (QED) is 0.235. The summed E-state index contributed by atoms with van der Waals surface area (Å²) in [6.07, 6.45) is 3.49. The molecule has 0 aromatic rings. The molecule has 0 radical (unpaired) electrons. The average molecular weight is 292 g/mol. The molecule has 0 atom stereocenters. The first kappa shape index (κ1) is 16.1. The van der Waals surface area contributed by atoms with Crippen molar-refractivity contribution < 1.29 is 0 Å². The topological polar surface area (TPSA) is 72.8 Å². The molecule has 0 aromatic heterocycles. The van der Waals surface area contributed by atoms with Crippen LogP contribution in [0.4, 0.5) is 0 Å². The van der Waals surface area contributed by atoms with E-state index in [1.54, 1.807) is 38.3 Å². The Labute approximate surface area is 116 Å². The molecule has 0 unspecified atom stereocenters. The molecule has 0 rings (SSSR count). The predicted molar refractivity (Wildman–Crippen MR) is 83.9 cm³/mol. The van der Waals surface area contributed by atoms with Gasteiger partial charge in [-0.15, -0.1) is 0 Å². The molecule has 9 heteroatoms. The zero-order chi connectivity index (χ0) is 12.9. The maximum absolute atomic E-state index is 4.84. The Hall–Kier alpha value is -0.930. The maximum atomic E-state index is 4.84. The molecule has 0 saturated heterocycles. The third-order valence-corrected chi connectivity index (χ3v) is 2.71. The van der Waals surface area contributed by atoms with E-state index in [9.17, 15) is 0 Å². The molecule has 0 aliphatic heterocycles. The second kappa shape index (κ2) is 11.6. The number of thioether (sulfide) groups is 1. The van der Waals surface area contributed by atoms with Crippen molar-refractivity contribution in [2.45, 2.75) is 0 Å². The van der Waals surface area contributed by atoms with Gasteiger partial charge in [-0.1, -0.05) is 0 Å². The monoisotopic (exact) mass is 292 g/mol. The molecule has 0 amide bonds. The summed E-state index contributed by atoms with van der Waals surface area (Å²) < 4.78 is 0. The Balaban J connectivity index is 3.40. The van der Waals surface area contributed by atoms with E-state index >= 15 is 0 Å². The Kier molecular flexibility index (Phi) is 10.9. The van der Waals surface area contributed by atoms with Crippen LogP contribution in [0.3, 0.4) is 0 Å². The highest BCUT2D eigenvalue weighted by atomic mass is 32.2. The summed E-state index contributed by atoms with van der Waals surface area (Å²) in [5, 5.41) is 14.3. The fourth-order valence-corrected chi connectivity index (χ4v) is 1.17. The first-order chi connectivity index (χ1) is 8.20. The van der Waals surface area contributed by atoms with Gasteiger partial charge >= 0.3 is 0 Å². The van der Waals surface area contributed by atoms with Crippen molar-refractivity contribution in [2.24, 2.45) is 10.2 Å². The number of hydrogen-bond acceptors (Lipinski definition) is 5. The first-order valence-corrected chi connectivity index (χ1v) is 6.74. The molecule has 96 valence electrons. The smallest absolute Gasteiger partial charge is 0.186 e. The van der Waals surface area contributed by atoms with Crippen LogP contribution >= 0.6 is 36.2 Å². The SMILES string of the molecule is CNC(=S)NN=CCSCC=NNC(=S)NC. The Morgan fingerprint density at radius 3 is 1.76 bits per heavy atom. The molecule has 0 aliphatic rings. The number of nitrogens with one attached hydrogen (secondary N) is 4. The third-order valence-electron chi connectivity index (χ3n) is 1.35. The van der Waals surface area contributed by atoms with Crippen LogP contribution < -0.4 is 21.5 Å². The van der Waals surface area contributed by atoms with E-state index in [1.807, 2.05) is 0 Å². The third kappa shape index (κ3) is 11.3. The molecule has 0 spiro atoms. The lowest BCUT2D eigenvalue weighted by molar-refractivity contribution is 0.980. The minimum absolute atomic E-state index is 0.498. The minimum Gasteiger partial charge on any atom is -0.364 e. The van der Waals surface area contributed by atoms with Gasteiger partial charge in [-0.3, -0.25) is 10.9 Å². The van der Waals surface area contributed by atoms with Gasteiger partial charge < -0.3 is 10.6 Å².